The molecule has 0 unspecified atom stereocenters. The Hall–Kier alpha value is -3.19. The highest BCUT2D eigenvalue weighted by Gasteiger charge is 2.27. The van der Waals surface area contributed by atoms with E-state index in [1.165, 1.54) is 15.7 Å². The molecule has 1 aromatic heterocycles. The number of carboxylic acid groups (broad SMARTS) is 1. The average Bonchev–Trinajstić information content (AvgIpc) is 3.27. The van der Waals surface area contributed by atoms with Gasteiger partial charge in [-0.3, -0.25) is 4.90 Å². The third kappa shape index (κ3) is 4.36. The van der Waals surface area contributed by atoms with Gasteiger partial charge in [-0.15, -0.1) is 0 Å². The first-order valence-corrected chi connectivity index (χ1v) is 10.2. The van der Waals surface area contributed by atoms with Gasteiger partial charge in [0.15, 0.2) is 0 Å². The standard InChI is InChI=1S/C23H27N5O2/c1-26(13-14-27(2)23(29)30)20-10-12-28(16-20)22-24-11-9-21(25-22)19-8-7-17-5-3-4-6-18(17)15-19/h3-9,11,15,20H,10,12-14,16H2,1-2H3,(H,29,30)/t20-/m1/s1. The molecule has 1 aliphatic heterocycles. The third-order valence-corrected chi connectivity index (χ3v) is 5.87. The number of carbonyl (C=O) groups is 1. The van der Waals surface area contributed by atoms with Gasteiger partial charge in [-0.2, -0.15) is 0 Å². The van der Waals surface area contributed by atoms with Gasteiger partial charge in [0.1, 0.15) is 0 Å². The normalized spacial score (nSPS) is 16.4. The van der Waals surface area contributed by atoms with E-state index in [4.69, 9.17) is 10.1 Å². The number of aromatic nitrogens is 2. The summed E-state index contributed by atoms with van der Waals surface area (Å²) in [6, 6.07) is 17.0. The molecule has 0 spiro atoms. The average molecular weight is 406 g/mol. The molecule has 2 aromatic carbocycles. The maximum absolute atomic E-state index is 11.0. The molecule has 0 bridgehead atoms. The maximum Gasteiger partial charge on any atom is 0.407 e. The Morgan fingerprint density at radius 1 is 1.13 bits per heavy atom. The predicted molar refractivity (Wildman–Crippen MR) is 119 cm³/mol. The highest BCUT2D eigenvalue weighted by molar-refractivity contribution is 5.86. The molecule has 4 rings (SSSR count). The van der Waals surface area contributed by atoms with Crippen LogP contribution in [0.15, 0.2) is 54.7 Å². The molecule has 1 fully saturated rings. The lowest BCUT2D eigenvalue weighted by Gasteiger charge is -2.26. The number of anilines is 1. The van der Waals surface area contributed by atoms with Gasteiger partial charge < -0.3 is 14.9 Å². The predicted octanol–water partition coefficient (Wildman–Crippen LogP) is 3.42. The number of hydrogen-bond acceptors (Lipinski definition) is 5. The van der Waals surface area contributed by atoms with Crippen LogP contribution >= 0.6 is 0 Å². The molecule has 0 saturated carbocycles. The lowest BCUT2D eigenvalue weighted by molar-refractivity contribution is 0.146. The number of likely N-dealkylation sites (N-methyl/N-ethyl adjacent to an activating group) is 2. The fraction of sp³-hybridized carbons (Fsp3) is 0.348. The van der Waals surface area contributed by atoms with Crippen molar-refractivity contribution in [3.05, 3.63) is 54.7 Å². The maximum atomic E-state index is 11.0. The summed E-state index contributed by atoms with van der Waals surface area (Å²) in [5, 5.41) is 11.4. The van der Waals surface area contributed by atoms with Gasteiger partial charge in [0.25, 0.3) is 0 Å². The van der Waals surface area contributed by atoms with Crippen molar-refractivity contribution in [2.45, 2.75) is 12.5 Å². The smallest absolute Gasteiger partial charge is 0.407 e. The zero-order chi connectivity index (χ0) is 21.1. The number of benzene rings is 2. The molecular weight excluding hydrogens is 378 g/mol. The Bertz CT molecular complexity index is 1040. The first-order chi connectivity index (χ1) is 14.5. The second kappa shape index (κ2) is 8.67. The van der Waals surface area contributed by atoms with Crippen LogP contribution in [0.5, 0.6) is 0 Å². The van der Waals surface area contributed by atoms with Crippen molar-refractivity contribution < 1.29 is 9.90 Å². The summed E-state index contributed by atoms with van der Waals surface area (Å²) in [5.41, 5.74) is 2.01. The number of rotatable bonds is 6. The van der Waals surface area contributed by atoms with E-state index in [0.29, 0.717) is 19.1 Å². The van der Waals surface area contributed by atoms with E-state index in [0.717, 1.165) is 36.7 Å². The lowest BCUT2D eigenvalue weighted by atomic mass is 10.1. The topological polar surface area (TPSA) is 72.8 Å². The van der Waals surface area contributed by atoms with Crippen LogP contribution in [0.4, 0.5) is 10.7 Å². The van der Waals surface area contributed by atoms with Crippen molar-refractivity contribution >= 4 is 22.8 Å². The summed E-state index contributed by atoms with van der Waals surface area (Å²) in [4.78, 5) is 26.1. The number of nitrogens with zero attached hydrogens (tertiary/aromatic N) is 5. The Morgan fingerprint density at radius 3 is 2.73 bits per heavy atom. The van der Waals surface area contributed by atoms with Crippen LogP contribution in [0, 0.1) is 0 Å². The highest BCUT2D eigenvalue weighted by atomic mass is 16.4. The Morgan fingerprint density at radius 2 is 1.93 bits per heavy atom. The van der Waals surface area contributed by atoms with Gasteiger partial charge in [0.05, 0.1) is 5.69 Å². The second-order valence-electron chi connectivity index (χ2n) is 7.88. The summed E-state index contributed by atoms with van der Waals surface area (Å²) in [6.07, 6.45) is 1.94. The number of hydrogen-bond donors (Lipinski definition) is 1. The lowest BCUT2D eigenvalue weighted by Crippen LogP contribution is -2.40. The van der Waals surface area contributed by atoms with E-state index >= 15 is 0 Å². The van der Waals surface area contributed by atoms with Crippen LogP contribution in [0.2, 0.25) is 0 Å². The van der Waals surface area contributed by atoms with Gasteiger partial charge >= 0.3 is 6.09 Å². The van der Waals surface area contributed by atoms with Gasteiger partial charge in [0.2, 0.25) is 5.95 Å². The van der Waals surface area contributed by atoms with Crippen LogP contribution in [0.3, 0.4) is 0 Å². The van der Waals surface area contributed by atoms with Crippen molar-refractivity contribution in [3.8, 4) is 11.3 Å². The fourth-order valence-corrected chi connectivity index (χ4v) is 3.88. The molecule has 30 heavy (non-hydrogen) atoms. The molecule has 1 N–H and O–H groups in total. The Balaban J connectivity index is 1.44. The minimum atomic E-state index is -0.893. The van der Waals surface area contributed by atoms with Gasteiger partial charge in [-0.05, 0) is 36.4 Å². The molecule has 1 atom stereocenters. The van der Waals surface area contributed by atoms with Crippen LogP contribution in [-0.4, -0.2) is 77.3 Å². The van der Waals surface area contributed by atoms with Crippen molar-refractivity contribution in [2.24, 2.45) is 0 Å². The van der Waals surface area contributed by atoms with Crippen molar-refractivity contribution in [2.75, 3.05) is 45.2 Å². The second-order valence-corrected chi connectivity index (χ2v) is 7.88. The van der Waals surface area contributed by atoms with Crippen LogP contribution < -0.4 is 4.90 Å². The SMILES string of the molecule is CN(CCN(C)[C@@H]1CCN(c2nccc(-c3ccc4ccccc4c3)n2)C1)C(=O)O. The molecule has 3 aromatic rings. The highest BCUT2D eigenvalue weighted by Crippen LogP contribution is 2.25. The molecule has 1 saturated heterocycles. The minimum absolute atomic E-state index is 0.361. The molecular formula is C23H27N5O2. The minimum Gasteiger partial charge on any atom is -0.465 e. The van der Waals surface area contributed by atoms with Crippen LogP contribution in [-0.2, 0) is 0 Å². The fourth-order valence-electron chi connectivity index (χ4n) is 3.88. The first kappa shape index (κ1) is 20.1. The molecule has 156 valence electrons. The summed E-state index contributed by atoms with van der Waals surface area (Å²) in [5.74, 6) is 0.749. The molecule has 1 aliphatic rings. The van der Waals surface area contributed by atoms with E-state index in [2.05, 4.69) is 52.2 Å². The molecule has 2 heterocycles. The van der Waals surface area contributed by atoms with E-state index in [9.17, 15) is 4.79 Å². The zero-order valence-corrected chi connectivity index (χ0v) is 17.4. The molecule has 0 aliphatic carbocycles. The first-order valence-electron chi connectivity index (χ1n) is 10.2. The van der Waals surface area contributed by atoms with Gasteiger partial charge in [-0.1, -0.05) is 36.4 Å². The summed E-state index contributed by atoms with van der Waals surface area (Å²) in [7, 11) is 3.65. The molecule has 7 nitrogen and oxygen atoms in total. The van der Waals surface area contributed by atoms with E-state index in [1.54, 1.807) is 7.05 Å². The number of fused-ring (bicyclic) bond motifs is 1. The summed E-state index contributed by atoms with van der Waals surface area (Å²) in [6.45, 7) is 2.94. The van der Waals surface area contributed by atoms with Gasteiger partial charge in [-0.25, -0.2) is 14.8 Å². The third-order valence-electron chi connectivity index (χ3n) is 5.87. The quantitative estimate of drug-likeness (QED) is 0.678. The van der Waals surface area contributed by atoms with Crippen molar-refractivity contribution in [1.82, 2.24) is 19.8 Å². The Kier molecular flexibility index (Phi) is 5.81. The monoisotopic (exact) mass is 405 g/mol. The largest absolute Gasteiger partial charge is 0.465 e. The van der Waals surface area contributed by atoms with E-state index in [-0.39, 0.29) is 0 Å². The van der Waals surface area contributed by atoms with Crippen molar-refractivity contribution in [1.29, 1.82) is 0 Å². The van der Waals surface area contributed by atoms with Crippen LogP contribution in [0.1, 0.15) is 6.42 Å². The van der Waals surface area contributed by atoms with E-state index in [1.807, 2.05) is 24.4 Å². The summed E-state index contributed by atoms with van der Waals surface area (Å²) >= 11 is 0. The zero-order valence-electron chi connectivity index (χ0n) is 17.4. The Labute approximate surface area is 176 Å². The van der Waals surface area contributed by atoms with Crippen molar-refractivity contribution in [3.63, 3.8) is 0 Å². The van der Waals surface area contributed by atoms with Crippen LogP contribution in [0.25, 0.3) is 22.0 Å². The van der Waals surface area contributed by atoms with Gasteiger partial charge in [0, 0.05) is 51.0 Å². The van der Waals surface area contributed by atoms with E-state index < -0.39 is 6.09 Å². The molecule has 1 amide bonds. The summed E-state index contributed by atoms with van der Waals surface area (Å²) < 4.78 is 0. The molecule has 0 radical (unpaired) electrons. The molecule has 7 heteroatoms. The number of amides is 1.